The summed E-state index contributed by atoms with van der Waals surface area (Å²) in [7, 11) is 0. The van der Waals surface area contributed by atoms with E-state index in [0.717, 1.165) is 5.69 Å². The minimum atomic E-state index is -0.449. The van der Waals surface area contributed by atoms with Gasteiger partial charge in [-0.25, -0.2) is 0 Å². The largest absolute Gasteiger partial charge is 0.312 e. The lowest BCUT2D eigenvalue weighted by atomic mass is 9.85. The monoisotopic (exact) mass is 273 g/mol. The van der Waals surface area contributed by atoms with Crippen LogP contribution in [0.2, 0.25) is 0 Å². The summed E-state index contributed by atoms with van der Waals surface area (Å²) in [6.07, 6.45) is 1.10. The van der Waals surface area contributed by atoms with Gasteiger partial charge in [-0.2, -0.15) is 0 Å². The van der Waals surface area contributed by atoms with E-state index in [4.69, 9.17) is 0 Å². The third-order valence-electron chi connectivity index (χ3n) is 3.64. The number of aryl methyl sites for hydroxylation is 1. The van der Waals surface area contributed by atoms with Crippen LogP contribution in [0.5, 0.6) is 0 Å². The molecule has 108 valence electrons. The molecule has 0 bridgehead atoms. The minimum absolute atomic E-state index is 0.0388. The highest BCUT2D eigenvalue weighted by atomic mass is 16.2. The topological polar surface area (TPSA) is 37.4 Å². The average molecular weight is 273 g/mol. The average Bonchev–Trinajstić information content (AvgIpc) is 2.70. The molecule has 1 aromatic carbocycles. The van der Waals surface area contributed by atoms with Gasteiger partial charge in [-0.1, -0.05) is 38.5 Å². The summed E-state index contributed by atoms with van der Waals surface area (Å²) in [5, 5.41) is 0. The second-order valence-electron chi connectivity index (χ2n) is 6.87. The van der Waals surface area contributed by atoms with Crippen LogP contribution in [0.3, 0.4) is 0 Å². The van der Waals surface area contributed by atoms with Gasteiger partial charge in [0, 0.05) is 18.7 Å². The van der Waals surface area contributed by atoms with Gasteiger partial charge >= 0.3 is 0 Å². The van der Waals surface area contributed by atoms with Crippen LogP contribution < -0.4 is 4.90 Å². The molecule has 1 aliphatic heterocycles. The Morgan fingerprint density at radius 3 is 2.40 bits per heavy atom. The van der Waals surface area contributed by atoms with Crippen molar-refractivity contribution in [1.82, 2.24) is 0 Å². The molecule has 1 atom stereocenters. The fourth-order valence-corrected chi connectivity index (χ4v) is 2.61. The zero-order valence-electron chi connectivity index (χ0n) is 12.8. The van der Waals surface area contributed by atoms with Gasteiger partial charge in [-0.15, -0.1) is 0 Å². The van der Waals surface area contributed by atoms with Crippen molar-refractivity contribution < 1.29 is 9.59 Å². The normalized spacial score (nSPS) is 19.5. The maximum absolute atomic E-state index is 12.4. The molecule has 3 heteroatoms. The van der Waals surface area contributed by atoms with Gasteiger partial charge < -0.3 is 4.90 Å². The molecule has 1 aromatic rings. The van der Waals surface area contributed by atoms with Gasteiger partial charge in [-0.3, -0.25) is 9.59 Å². The molecule has 1 aliphatic rings. The van der Waals surface area contributed by atoms with Gasteiger partial charge in [0.15, 0.2) is 0 Å². The second kappa shape index (κ2) is 5.39. The number of rotatable bonds is 3. The molecule has 1 heterocycles. The van der Waals surface area contributed by atoms with Crippen LogP contribution in [0.25, 0.3) is 0 Å². The Balaban J connectivity index is 2.09. The molecule has 1 fully saturated rings. The number of anilines is 1. The molecular formula is C17H23NO2. The standard InChI is InChI=1S/C17H23NO2/c1-12-5-7-13(8-6-12)18-10-9-14(16(18)20)15(19)11-17(2,3)4/h5-8,14H,9-11H2,1-4H3. The smallest absolute Gasteiger partial charge is 0.237 e. The molecule has 0 aliphatic carbocycles. The maximum Gasteiger partial charge on any atom is 0.237 e. The number of carbonyl (C=O) groups excluding carboxylic acids is 2. The zero-order chi connectivity index (χ0) is 14.9. The van der Waals surface area contributed by atoms with Gasteiger partial charge in [0.2, 0.25) is 5.91 Å². The molecule has 0 radical (unpaired) electrons. The molecule has 2 rings (SSSR count). The van der Waals surface area contributed by atoms with Gasteiger partial charge in [0.05, 0.1) is 5.92 Å². The van der Waals surface area contributed by atoms with E-state index in [1.807, 2.05) is 52.0 Å². The van der Waals surface area contributed by atoms with E-state index in [-0.39, 0.29) is 17.1 Å². The molecule has 20 heavy (non-hydrogen) atoms. The number of hydrogen-bond acceptors (Lipinski definition) is 2. The number of hydrogen-bond donors (Lipinski definition) is 0. The van der Waals surface area contributed by atoms with Crippen LogP contribution in [0, 0.1) is 18.3 Å². The number of Topliss-reactive ketones (excluding diaryl/α,β-unsaturated/α-hetero) is 1. The lowest BCUT2D eigenvalue weighted by molar-refractivity contribution is -0.131. The Kier molecular flexibility index (Phi) is 3.98. The predicted octanol–water partition coefficient (Wildman–Crippen LogP) is 3.35. The zero-order valence-corrected chi connectivity index (χ0v) is 12.8. The predicted molar refractivity (Wildman–Crippen MR) is 80.7 cm³/mol. The third-order valence-corrected chi connectivity index (χ3v) is 3.64. The molecule has 1 amide bonds. The number of amides is 1. The van der Waals surface area contributed by atoms with Crippen LogP contribution >= 0.6 is 0 Å². The van der Waals surface area contributed by atoms with E-state index in [9.17, 15) is 9.59 Å². The lowest BCUT2D eigenvalue weighted by Crippen LogP contribution is -2.31. The summed E-state index contributed by atoms with van der Waals surface area (Å²) in [4.78, 5) is 26.4. The Morgan fingerprint density at radius 1 is 1.25 bits per heavy atom. The highest BCUT2D eigenvalue weighted by Gasteiger charge is 2.38. The molecule has 0 N–H and O–H groups in total. The van der Waals surface area contributed by atoms with E-state index in [1.165, 1.54) is 5.56 Å². The summed E-state index contributed by atoms with van der Waals surface area (Å²) in [5.74, 6) is -0.407. The Bertz CT molecular complexity index is 511. The van der Waals surface area contributed by atoms with E-state index < -0.39 is 5.92 Å². The molecule has 0 spiro atoms. The van der Waals surface area contributed by atoms with Gasteiger partial charge in [0.25, 0.3) is 0 Å². The first kappa shape index (κ1) is 14.8. The summed E-state index contributed by atoms with van der Waals surface area (Å²) < 4.78 is 0. The number of ketones is 1. The third kappa shape index (κ3) is 3.27. The van der Waals surface area contributed by atoms with Crippen LogP contribution in [0.1, 0.15) is 39.2 Å². The summed E-state index contributed by atoms with van der Waals surface area (Å²) >= 11 is 0. The molecule has 1 saturated heterocycles. The highest BCUT2D eigenvalue weighted by Crippen LogP contribution is 2.29. The second-order valence-corrected chi connectivity index (χ2v) is 6.87. The first-order valence-electron chi connectivity index (χ1n) is 7.19. The minimum Gasteiger partial charge on any atom is -0.312 e. The van der Waals surface area contributed by atoms with Gasteiger partial charge in [0.1, 0.15) is 5.78 Å². The van der Waals surface area contributed by atoms with Crippen molar-refractivity contribution in [3.8, 4) is 0 Å². The van der Waals surface area contributed by atoms with Crippen molar-refractivity contribution >= 4 is 17.4 Å². The number of benzene rings is 1. The van der Waals surface area contributed by atoms with Crippen molar-refractivity contribution in [2.45, 2.75) is 40.5 Å². The summed E-state index contributed by atoms with van der Waals surface area (Å²) in [6, 6.07) is 7.88. The summed E-state index contributed by atoms with van der Waals surface area (Å²) in [6.45, 7) is 8.75. The fourth-order valence-electron chi connectivity index (χ4n) is 2.61. The van der Waals surface area contributed by atoms with E-state index >= 15 is 0 Å². The number of carbonyl (C=O) groups is 2. The Morgan fingerprint density at radius 2 is 1.85 bits per heavy atom. The Labute approximate surface area is 121 Å². The van der Waals surface area contributed by atoms with E-state index in [1.54, 1.807) is 4.90 Å². The maximum atomic E-state index is 12.4. The highest BCUT2D eigenvalue weighted by molar-refractivity contribution is 6.10. The van der Waals surface area contributed by atoms with Crippen molar-refractivity contribution in [3.05, 3.63) is 29.8 Å². The first-order chi connectivity index (χ1) is 9.28. The lowest BCUT2D eigenvalue weighted by Gasteiger charge is -2.20. The molecule has 3 nitrogen and oxygen atoms in total. The van der Waals surface area contributed by atoms with Crippen LogP contribution in [-0.2, 0) is 9.59 Å². The molecule has 0 saturated carbocycles. The first-order valence-corrected chi connectivity index (χ1v) is 7.19. The van der Waals surface area contributed by atoms with Crippen molar-refractivity contribution in [2.24, 2.45) is 11.3 Å². The van der Waals surface area contributed by atoms with Crippen molar-refractivity contribution in [2.75, 3.05) is 11.4 Å². The van der Waals surface area contributed by atoms with E-state index in [2.05, 4.69) is 0 Å². The van der Waals surface area contributed by atoms with Crippen molar-refractivity contribution in [3.63, 3.8) is 0 Å². The fraction of sp³-hybridized carbons (Fsp3) is 0.529. The molecule has 1 unspecified atom stereocenters. The molecule has 0 aromatic heterocycles. The van der Waals surface area contributed by atoms with Crippen LogP contribution in [-0.4, -0.2) is 18.2 Å². The van der Waals surface area contributed by atoms with Gasteiger partial charge in [-0.05, 0) is 30.9 Å². The van der Waals surface area contributed by atoms with Crippen LogP contribution in [0.4, 0.5) is 5.69 Å². The quantitative estimate of drug-likeness (QED) is 0.792. The SMILES string of the molecule is Cc1ccc(N2CCC(C(=O)CC(C)(C)C)C2=O)cc1. The Hall–Kier alpha value is -1.64. The summed E-state index contributed by atoms with van der Waals surface area (Å²) in [5.41, 5.74) is 2.00. The van der Waals surface area contributed by atoms with Crippen LogP contribution in [0.15, 0.2) is 24.3 Å². The van der Waals surface area contributed by atoms with Crippen molar-refractivity contribution in [1.29, 1.82) is 0 Å². The number of nitrogens with zero attached hydrogens (tertiary/aromatic N) is 1. The molecular weight excluding hydrogens is 250 g/mol. The van der Waals surface area contributed by atoms with E-state index in [0.29, 0.717) is 19.4 Å².